The Hall–Kier alpha value is -2.64. The summed E-state index contributed by atoms with van der Waals surface area (Å²) in [5, 5.41) is 20.3. The number of amides is 1. The number of hydrogen-bond donors (Lipinski definition) is 2. The van der Waals surface area contributed by atoms with Gasteiger partial charge in [-0.1, -0.05) is 0 Å². The van der Waals surface area contributed by atoms with Crippen molar-refractivity contribution in [2.75, 3.05) is 0 Å². The van der Waals surface area contributed by atoms with Gasteiger partial charge in [0.05, 0.1) is 11.7 Å². The molecule has 2 aromatic heterocycles. The van der Waals surface area contributed by atoms with Crippen LogP contribution in [0.5, 0.6) is 0 Å². The Kier molecular flexibility index (Phi) is 4.83. The van der Waals surface area contributed by atoms with Gasteiger partial charge in [-0.2, -0.15) is 10.2 Å². The van der Waals surface area contributed by atoms with Gasteiger partial charge in [-0.25, -0.2) is 9.48 Å². The van der Waals surface area contributed by atoms with Crippen LogP contribution in [0.4, 0.5) is 0 Å². The minimum absolute atomic E-state index is 0.0183. The highest BCUT2D eigenvalue weighted by atomic mass is 16.4. The number of aromatic carboxylic acids is 1. The summed E-state index contributed by atoms with van der Waals surface area (Å²) in [5.41, 5.74) is 1.78. The van der Waals surface area contributed by atoms with Crippen molar-refractivity contribution in [3.63, 3.8) is 0 Å². The van der Waals surface area contributed by atoms with Gasteiger partial charge < -0.3 is 10.4 Å². The quantitative estimate of drug-likeness (QED) is 0.841. The van der Waals surface area contributed by atoms with Crippen LogP contribution in [0.2, 0.25) is 0 Å². The molecule has 2 heterocycles. The maximum Gasteiger partial charge on any atom is 0.354 e. The van der Waals surface area contributed by atoms with E-state index in [0.717, 1.165) is 17.8 Å². The van der Waals surface area contributed by atoms with E-state index in [-0.39, 0.29) is 17.6 Å². The predicted octanol–water partition coefficient (Wildman–Crippen LogP) is 1.54. The molecule has 2 unspecified atom stereocenters. The highest BCUT2D eigenvalue weighted by Gasteiger charge is 2.23. The van der Waals surface area contributed by atoms with E-state index >= 15 is 0 Å². The highest BCUT2D eigenvalue weighted by molar-refractivity contribution is 5.87. The highest BCUT2D eigenvalue weighted by Crippen LogP contribution is 2.18. The number of aryl methyl sites for hydroxylation is 2. The van der Waals surface area contributed by atoms with Crippen molar-refractivity contribution < 1.29 is 14.7 Å². The van der Waals surface area contributed by atoms with Gasteiger partial charge in [-0.15, -0.1) is 0 Å². The van der Waals surface area contributed by atoms with Gasteiger partial charge in [0, 0.05) is 24.5 Å². The number of carboxylic acids is 1. The largest absolute Gasteiger partial charge is 0.477 e. The molecule has 0 saturated carbocycles. The van der Waals surface area contributed by atoms with Crippen LogP contribution >= 0.6 is 0 Å². The molecule has 124 valence electrons. The summed E-state index contributed by atoms with van der Waals surface area (Å²) in [6.45, 7) is 8.13. The monoisotopic (exact) mass is 319 g/mol. The molecule has 0 aromatic carbocycles. The lowest BCUT2D eigenvalue weighted by atomic mass is 10.1. The number of nitrogens with zero attached hydrogens (tertiary/aromatic N) is 4. The zero-order chi connectivity index (χ0) is 17.1. The van der Waals surface area contributed by atoms with E-state index in [1.54, 1.807) is 6.92 Å². The van der Waals surface area contributed by atoms with Crippen molar-refractivity contribution in [1.29, 1.82) is 0 Å². The summed E-state index contributed by atoms with van der Waals surface area (Å²) in [7, 11) is 0. The van der Waals surface area contributed by atoms with Crippen LogP contribution in [0.15, 0.2) is 18.5 Å². The topological polar surface area (TPSA) is 102 Å². The second-order valence-corrected chi connectivity index (χ2v) is 5.40. The third-order valence-corrected chi connectivity index (χ3v) is 3.77. The van der Waals surface area contributed by atoms with Crippen molar-refractivity contribution in [3.8, 4) is 0 Å². The maximum atomic E-state index is 12.4. The van der Waals surface area contributed by atoms with Gasteiger partial charge in [0.2, 0.25) is 5.91 Å². The van der Waals surface area contributed by atoms with Crippen molar-refractivity contribution >= 4 is 11.9 Å². The van der Waals surface area contributed by atoms with Crippen LogP contribution in [-0.2, 0) is 11.3 Å². The zero-order valence-corrected chi connectivity index (χ0v) is 13.6. The molecule has 0 aliphatic heterocycles. The van der Waals surface area contributed by atoms with Gasteiger partial charge in [0.1, 0.15) is 11.7 Å². The zero-order valence-electron chi connectivity index (χ0n) is 13.6. The smallest absolute Gasteiger partial charge is 0.354 e. The van der Waals surface area contributed by atoms with Gasteiger partial charge >= 0.3 is 5.97 Å². The molecule has 0 aliphatic carbocycles. The molecule has 0 saturated heterocycles. The molecular formula is C15H21N5O3. The first-order valence-electron chi connectivity index (χ1n) is 7.46. The van der Waals surface area contributed by atoms with E-state index in [1.165, 1.54) is 16.9 Å². The first kappa shape index (κ1) is 16.7. The molecule has 0 bridgehead atoms. The van der Waals surface area contributed by atoms with E-state index in [2.05, 4.69) is 15.5 Å². The molecule has 2 atom stereocenters. The normalized spacial score (nSPS) is 13.6. The molecule has 8 heteroatoms. The van der Waals surface area contributed by atoms with E-state index in [4.69, 9.17) is 5.11 Å². The van der Waals surface area contributed by atoms with Crippen LogP contribution in [0.25, 0.3) is 0 Å². The minimum atomic E-state index is -1.12. The Morgan fingerprint density at radius 1 is 1.39 bits per heavy atom. The van der Waals surface area contributed by atoms with E-state index in [9.17, 15) is 9.59 Å². The third-order valence-electron chi connectivity index (χ3n) is 3.77. The lowest BCUT2D eigenvalue weighted by Gasteiger charge is -2.18. The minimum Gasteiger partial charge on any atom is -0.477 e. The van der Waals surface area contributed by atoms with Crippen molar-refractivity contribution in [2.24, 2.45) is 0 Å². The fourth-order valence-corrected chi connectivity index (χ4v) is 2.44. The molecular weight excluding hydrogens is 298 g/mol. The third kappa shape index (κ3) is 3.41. The molecule has 0 aliphatic rings. The Labute approximate surface area is 134 Å². The van der Waals surface area contributed by atoms with Crippen LogP contribution in [0.3, 0.4) is 0 Å². The molecule has 0 spiro atoms. The number of carbonyl (C=O) groups excluding carboxylic acids is 1. The lowest BCUT2D eigenvalue weighted by Crippen LogP contribution is -2.34. The first-order chi connectivity index (χ1) is 10.8. The van der Waals surface area contributed by atoms with Crippen LogP contribution < -0.4 is 5.32 Å². The summed E-state index contributed by atoms with van der Waals surface area (Å²) in [6.07, 6.45) is 3.27. The summed E-state index contributed by atoms with van der Waals surface area (Å²) in [4.78, 5) is 23.5. The first-order valence-corrected chi connectivity index (χ1v) is 7.46. The number of nitrogens with one attached hydrogen (secondary N) is 1. The van der Waals surface area contributed by atoms with Crippen molar-refractivity contribution in [1.82, 2.24) is 24.9 Å². The second-order valence-electron chi connectivity index (χ2n) is 5.40. The molecule has 0 radical (unpaired) electrons. The van der Waals surface area contributed by atoms with Gasteiger partial charge in [-0.05, 0) is 33.8 Å². The summed E-state index contributed by atoms with van der Waals surface area (Å²) < 4.78 is 3.01. The number of aromatic nitrogens is 4. The Bertz CT molecular complexity index is 719. The average Bonchev–Trinajstić information content (AvgIpc) is 3.12. The fraction of sp³-hybridized carbons (Fsp3) is 0.467. The lowest BCUT2D eigenvalue weighted by molar-refractivity contribution is -0.124. The molecule has 2 N–H and O–H groups in total. The van der Waals surface area contributed by atoms with Crippen LogP contribution in [0.1, 0.15) is 54.6 Å². The Morgan fingerprint density at radius 3 is 2.65 bits per heavy atom. The fourth-order valence-electron chi connectivity index (χ4n) is 2.44. The second kappa shape index (κ2) is 6.64. The average molecular weight is 319 g/mol. The predicted molar refractivity (Wildman–Crippen MR) is 83.1 cm³/mol. The number of carboxylic acid groups (broad SMARTS) is 1. The molecule has 23 heavy (non-hydrogen) atoms. The van der Waals surface area contributed by atoms with E-state index < -0.39 is 12.0 Å². The number of rotatable bonds is 6. The van der Waals surface area contributed by atoms with Gasteiger partial charge in [-0.3, -0.25) is 9.48 Å². The van der Waals surface area contributed by atoms with Crippen LogP contribution in [0, 0.1) is 6.92 Å². The Balaban J connectivity index is 2.12. The van der Waals surface area contributed by atoms with E-state index in [1.807, 2.05) is 31.6 Å². The molecule has 1 amide bonds. The number of carbonyl (C=O) groups is 2. The molecule has 0 fully saturated rings. The summed E-state index contributed by atoms with van der Waals surface area (Å²) in [5.74, 6) is -1.41. The van der Waals surface area contributed by atoms with E-state index in [0.29, 0.717) is 0 Å². The van der Waals surface area contributed by atoms with Gasteiger partial charge in [0.15, 0.2) is 0 Å². The maximum absolute atomic E-state index is 12.4. The molecule has 2 rings (SSSR count). The molecule has 2 aromatic rings. The van der Waals surface area contributed by atoms with Gasteiger partial charge in [0.25, 0.3) is 0 Å². The molecule has 8 nitrogen and oxygen atoms in total. The van der Waals surface area contributed by atoms with Crippen molar-refractivity contribution in [3.05, 3.63) is 35.4 Å². The standard InChI is InChI=1S/C15H21N5O3/c1-5-19-8-12(10(3)18-19)9(2)17-14(21)11(4)20-13(15(22)23)6-7-16-20/h6-9,11H,5H2,1-4H3,(H,17,21)(H,22,23). The number of hydrogen-bond acceptors (Lipinski definition) is 4. The summed E-state index contributed by atoms with van der Waals surface area (Å²) in [6, 6.07) is 0.416. The summed E-state index contributed by atoms with van der Waals surface area (Å²) >= 11 is 0. The van der Waals surface area contributed by atoms with Crippen LogP contribution in [-0.4, -0.2) is 36.5 Å². The Morgan fingerprint density at radius 2 is 2.09 bits per heavy atom. The SMILES string of the molecule is CCn1cc(C(C)NC(=O)C(C)n2nccc2C(=O)O)c(C)n1. The van der Waals surface area contributed by atoms with Crippen molar-refractivity contribution in [2.45, 2.75) is 46.3 Å².